The first kappa shape index (κ1) is 24.7. The quantitative estimate of drug-likeness (QED) is 0.250. The number of carboxylic acids is 1. The van der Waals surface area contributed by atoms with Crippen molar-refractivity contribution < 1.29 is 27.3 Å². The lowest BCUT2D eigenvalue weighted by molar-refractivity contribution is -0.112. The molecule has 0 saturated carbocycles. The summed E-state index contributed by atoms with van der Waals surface area (Å²) in [6.07, 6.45) is 1.28. The lowest BCUT2D eigenvalue weighted by atomic mass is 10.1. The number of halogens is 1. The zero-order chi connectivity index (χ0) is 24.9. The molecule has 0 aliphatic heterocycles. The monoisotopic (exact) mass is 540 g/mol. The van der Waals surface area contributed by atoms with Gasteiger partial charge in [-0.2, -0.15) is 13.7 Å². The van der Waals surface area contributed by atoms with Crippen molar-refractivity contribution in [3.63, 3.8) is 0 Å². The van der Waals surface area contributed by atoms with E-state index in [4.69, 9.17) is 4.18 Å². The van der Waals surface area contributed by atoms with Crippen LogP contribution in [0.25, 0.3) is 6.08 Å². The van der Waals surface area contributed by atoms with Crippen LogP contribution in [0.5, 0.6) is 5.75 Å². The Kier molecular flexibility index (Phi) is 7.50. The number of carbonyl (C=O) groups is 2. The predicted molar refractivity (Wildman–Crippen MR) is 129 cm³/mol. The fraction of sp³-hybridized carbons (Fsp3) is 0.0417. The fourth-order valence-corrected chi connectivity index (χ4v) is 4.36. The summed E-state index contributed by atoms with van der Waals surface area (Å²) in [5, 5.41) is 21.1. The van der Waals surface area contributed by atoms with Crippen molar-refractivity contribution in [3.8, 4) is 11.8 Å². The van der Waals surface area contributed by atoms with Crippen LogP contribution in [0.4, 0.5) is 5.69 Å². The molecule has 0 aromatic heterocycles. The maximum atomic E-state index is 12.5. The summed E-state index contributed by atoms with van der Waals surface area (Å²) in [7, 11) is -4.06. The van der Waals surface area contributed by atoms with Crippen LogP contribution in [-0.4, -0.2) is 25.4 Å². The van der Waals surface area contributed by atoms with E-state index in [-0.39, 0.29) is 31.9 Å². The van der Waals surface area contributed by atoms with E-state index < -0.39 is 22.0 Å². The molecule has 8 nitrogen and oxygen atoms in total. The largest absolute Gasteiger partial charge is 0.478 e. The van der Waals surface area contributed by atoms with Gasteiger partial charge in [-0.05, 0) is 70.9 Å². The van der Waals surface area contributed by atoms with Crippen LogP contribution in [0.3, 0.4) is 0 Å². The number of nitrogens with zero attached hydrogens (tertiary/aromatic N) is 1. The molecule has 34 heavy (non-hydrogen) atoms. The number of aryl methyl sites for hydroxylation is 1. The Hall–Kier alpha value is -3.94. The number of aromatic carboxylic acids is 1. The minimum absolute atomic E-state index is 0.000877. The molecule has 0 radical (unpaired) electrons. The second-order valence-electron chi connectivity index (χ2n) is 7.02. The molecular weight excluding hydrogens is 524 g/mol. The molecule has 0 bridgehead atoms. The van der Waals surface area contributed by atoms with Crippen molar-refractivity contribution >= 4 is 49.7 Å². The first-order valence-corrected chi connectivity index (χ1v) is 11.9. The minimum Gasteiger partial charge on any atom is -0.478 e. The molecule has 0 heterocycles. The van der Waals surface area contributed by atoms with E-state index in [1.54, 1.807) is 24.3 Å². The van der Waals surface area contributed by atoms with Crippen LogP contribution in [0.1, 0.15) is 21.5 Å². The average molecular weight is 541 g/mol. The maximum absolute atomic E-state index is 12.5. The summed E-state index contributed by atoms with van der Waals surface area (Å²) in [6.45, 7) is 1.83. The van der Waals surface area contributed by atoms with E-state index in [0.717, 1.165) is 5.56 Å². The molecule has 172 valence electrons. The molecule has 0 saturated heterocycles. The van der Waals surface area contributed by atoms with E-state index in [1.165, 1.54) is 54.6 Å². The van der Waals surface area contributed by atoms with E-state index in [1.807, 2.05) is 6.92 Å². The van der Waals surface area contributed by atoms with E-state index in [2.05, 4.69) is 21.2 Å². The third kappa shape index (κ3) is 5.89. The van der Waals surface area contributed by atoms with Gasteiger partial charge in [-0.15, -0.1) is 0 Å². The maximum Gasteiger partial charge on any atom is 0.339 e. The number of nitriles is 1. The number of nitrogens with one attached hydrogen (secondary N) is 1. The van der Waals surface area contributed by atoms with E-state index in [0.29, 0.717) is 5.56 Å². The zero-order valence-corrected chi connectivity index (χ0v) is 20.1. The molecule has 0 aliphatic rings. The van der Waals surface area contributed by atoms with Crippen LogP contribution < -0.4 is 9.50 Å². The highest BCUT2D eigenvalue weighted by atomic mass is 79.9. The number of anilines is 1. The van der Waals surface area contributed by atoms with Gasteiger partial charge in [0, 0.05) is 0 Å². The number of rotatable bonds is 7. The number of hydrogen-bond acceptors (Lipinski definition) is 6. The van der Waals surface area contributed by atoms with Gasteiger partial charge in [-0.3, -0.25) is 4.79 Å². The number of para-hydroxylation sites is 1. The minimum atomic E-state index is -4.06. The summed E-state index contributed by atoms with van der Waals surface area (Å²) < 4.78 is 30.5. The normalized spacial score (nSPS) is 11.4. The third-order valence-electron chi connectivity index (χ3n) is 4.55. The van der Waals surface area contributed by atoms with Gasteiger partial charge < -0.3 is 14.6 Å². The van der Waals surface area contributed by atoms with Gasteiger partial charge >= 0.3 is 16.1 Å². The number of carbonyl (C=O) groups excluding carboxylic acids is 1. The van der Waals surface area contributed by atoms with Crippen LogP contribution in [0.2, 0.25) is 0 Å². The second-order valence-corrected chi connectivity index (χ2v) is 9.42. The molecule has 0 atom stereocenters. The summed E-state index contributed by atoms with van der Waals surface area (Å²) in [4.78, 5) is 23.8. The van der Waals surface area contributed by atoms with E-state index in [9.17, 15) is 28.4 Å². The molecule has 2 N–H and O–H groups in total. The van der Waals surface area contributed by atoms with Crippen molar-refractivity contribution in [3.05, 3.63) is 93.5 Å². The fourth-order valence-electron chi connectivity index (χ4n) is 2.83. The Morgan fingerprint density at radius 2 is 1.76 bits per heavy atom. The van der Waals surface area contributed by atoms with Gasteiger partial charge in [0.2, 0.25) is 0 Å². The van der Waals surface area contributed by atoms with Crippen LogP contribution in [0.15, 0.2) is 81.7 Å². The van der Waals surface area contributed by atoms with Gasteiger partial charge in [-0.25, -0.2) is 4.79 Å². The average Bonchev–Trinajstić information content (AvgIpc) is 2.79. The highest BCUT2D eigenvalue weighted by molar-refractivity contribution is 9.10. The summed E-state index contributed by atoms with van der Waals surface area (Å²) in [5.41, 5.74) is 0.956. The van der Waals surface area contributed by atoms with E-state index >= 15 is 0 Å². The topological polar surface area (TPSA) is 134 Å². The van der Waals surface area contributed by atoms with Crippen molar-refractivity contribution in [1.29, 1.82) is 5.26 Å². The van der Waals surface area contributed by atoms with Crippen LogP contribution in [0, 0.1) is 18.3 Å². The first-order chi connectivity index (χ1) is 16.1. The number of hydrogen-bond donors (Lipinski definition) is 2. The lowest BCUT2D eigenvalue weighted by Crippen LogP contribution is -2.16. The standard InChI is InChI=1S/C24H17BrN2O6S/c1-15-6-9-18(10-7-15)34(31,32)33-22-11-8-16(13-20(22)25)12-17(14-26)23(28)27-21-5-3-2-4-19(21)24(29)30/h2-13H,1H3,(H,27,28)(H,29,30)/b17-12+. The Labute approximate surface area is 204 Å². The number of carboxylic acid groups (broad SMARTS) is 1. The molecule has 3 aromatic rings. The SMILES string of the molecule is Cc1ccc(S(=O)(=O)Oc2ccc(/C=C(\C#N)C(=O)Nc3ccccc3C(=O)O)cc2Br)cc1. The summed E-state index contributed by atoms with van der Waals surface area (Å²) in [6, 6.07) is 18.1. The second kappa shape index (κ2) is 10.3. The molecule has 0 aliphatic carbocycles. The Morgan fingerprint density at radius 3 is 2.38 bits per heavy atom. The van der Waals surface area contributed by atoms with Crippen molar-refractivity contribution in [2.24, 2.45) is 0 Å². The Morgan fingerprint density at radius 1 is 1.09 bits per heavy atom. The highest BCUT2D eigenvalue weighted by Crippen LogP contribution is 2.30. The van der Waals surface area contributed by atoms with Gasteiger partial charge in [-0.1, -0.05) is 35.9 Å². The zero-order valence-electron chi connectivity index (χ0n) is 17.7. The molecule has 0 unspecified atom stereocenters. The van der Waals surface area contributed by atoms with Crippen molar-refractivity contribution in [2.75, 3.05) is 5.32 Å². The highest BCUT2D eigenvalue weighted by Gasteiger charge is 2.19. The molecule has 0 spiro atoms. The predicted octanol–water partition coefficient (Wildman–Crippen LogP) is 4.77. The first-order valence-electron chi connectivity index (χ1n) is 9.67. The Bertz CT molecular complexity index is 1440. The van der Waals surface area contributed by atoms with Crippen molar-refractivity contribution in [2.45, 2.75) is 11.8 Å². The molecule has 3 aromatic carbocycles. The molecule has 10 heteroatoms. The van der Waals surface area contributed by atoms with Gasteiger partial charge in [0.05, 0.1) is 15.7 Å². The molecule has 3 rings (SSSR count). The molecular formula is C24H17BrN2O6S. The smallest absolute Gasteiger partial charge is 0.339 e. The summed E-state index contributed by atoms with van der Waals surface area (Å²) in [5.74, 6) is -2.00. The van der Waals surface area contributed by atoms with Crippen LogP contribution >= 0.6 is 15.9 Å². The molecule has 0 fully saturated rings. The van der Waals surface area contributed by atoms with Gasteiger partial charge in [0.1, 0.15) is 16.5 Å². The Balaban J connectivity index is 1.82. The molecule has 1 amide bonds. The number of benzene rings is 3. The summed E-state index contributed by atoms with van der Waals surface area (Å²) >= 11 is 3.24. The number of amides is 1. The van der Waals surface area contributed by atoms with Crippen LogP contribution in [-0.2, 0) is 14.9 Å². The van der Waals surface area contributed by atoms with Gasteiger partial charge in [0.15, 0.2) is 5.75 Å². The lowest BCUT2D eigenvalue weighted by Gasteiger charge is -2.10. The third-order valence-corrected chi connectivity index (χ3v) is 6.42. The van der Waals surface area contributed by atoms with Crippen molar-refractivity contribution in [1.82, 2.24) is 0 Å². The van der Waals surface area contributed by atoms with Gasteiger partial charge in [0.25, 0.3) is 5.91 Å².